The lowest BCUT2D eigenvalue weighted by molar-refractivity contribution is -0.143. The molecule has 0 spiro atoms. The van der Waals surface area contributed by atoms with Crippen LogP contribution in [-0.2, 0) is 20.8 Å². The fourth-order valence-electron chi connectivity index (χ4n) is 3.11. The molecule has 2 rings (SSSR count). The van der Waals surface area contributed by atoms with Gasteiger partial charge in [0.15, 0.2) is 0 Å². The molecule has 1 saturated heterocycles. The van der Waals surface area contributed by atoms with Crippen molar-refractivity contribution in [1.82, 2.24) is 15.1 Å². The summed E-state index contributed by atoms with van der Waals surface area (Å²) in [6.45, 7) is 2.81. The monoisotopic (exact) mass is 411 g/mol. The van der Waals surface area contributed by atoms with Crippen LogP contribution in [0.2, 0.25) is 0 Å². The number of halogens is 1. The average molecular weight is 412 g/mol. The van der Waals surface area contributed by atoms with Crippen LogP contribution in [-0.4, -0.2) is 71.5 Å². The molecular weight excluding hydrogens is 382 g/mol. The number of amides is 2. The standard InChI is InChI=1S/C20H29N3O4.ClH/c1-15(20(26)27)22(2)14-19(25)23-12-10-17(11-13-23)21-18(24)9-8-16-6-4-3-5-7-16;/h3-7,15,17H,8-14H2,1-2H3,(H,21,24)(H,26,27);1H. The van der Waals surface area contributed by atoms with E-state index in [4.69, 9.17) is 5.11 Å². The van der Waals surface area contributed by atoms with Gasteiger partial charge in [0.05, 0.1) is 6.54 Å². The zero-order chi connectivity index (χ0) is 19.8. The zero-order valence-electron chi connectivity index (χ0n) is 16.5. The van der Waals surface area contributed by atoms with Crippen molar-refractivity contribution in [2.75, 3.05) is 26.7 Å². The Morgan fingerprint density at radius 3 is 2.39 bits per heavy atom. The van der Waals surface area contributed by atoms with Gasteiger partial charge in [0.1, 0.15) is 6.04 Å². The molecule has 2 N–H and O–H groups in total. The summed E-state index contributed by atoms with van der Waals surface area (Å²) in [6, 6.07) is 9.31. The van der Waals surface area contributed by atoms with Gasteiger partial charge in [-0.2, -0.15) is 0 Å². The van der Waals surface area contributed by atoms with E-state index in [0.29, 0.717) is 19.5 Å². The van der Waals surface area contributed by atoms with Crippen molar-refractivity contribution in [1.29, 1.82) is 0 Å². The van der Waals surface area contributed by atoms with E-state index in [-0.39, 0.29) is 36.8 Å². The number of nitrogens with one attached hydrogen (secondary N) is 1. The van der Waals surface area contributed by atoms with E-state index in [0.717, 1.165) is 24.8 Å². The summed E-state index contributed by atoms with van der Waals surface area (Å²) in [5.74, 6) is -0.972. The molecule has 0 bridgehead atoms. The Bertz CT molecular complexity index is 648. The van der Waals surface area contributed by atoms with Crippen LogP contribution in [0.15, 0.2) is 30.3 Å². The van der Waals surface area contributed by atoms with Crippen molar-refractivity contribution in [3.63, 3.8) is 0 Å². The molecule has 0 aromatic heterocycles. The minimum absolute atomic E-state index is 0. The predicted octanol–water partition coefficient (Wildman–Crippen LogP) is 1.55. The minimum Gasteiger partial charge on any atom is -0.480 e. The number of aryl methyl sites for hydroxylation is 1. The van der Waals surface area contributed by atoms with Crippen LogP contribution < -0.4 is 5.32 Å². The summed E-state index contributed by atoms with van der Waals surface area (Å²) in [5.41, 5.74) is 1.15. The molecule has 1 unspecified atom stereocenters. The van der Waals surface area contributed by atoms with Crippen molar-refractivity contribution >= 4 is 30.2 Å². The molecule has 1 aliphatic rings. The molecule has 28 heavy (non-hydrogen) atoms. The van der Waals surface area contributed by atoms with Crippen molar-refractivity contribution in [2.24, 2.45) is 0 Å². The number of carbonyl (C=O) groups is 3. The molecule has 7 nitrogen and oxygen atoms in total. The maximum Gasteiger partial charge on any atom is 0.320 e. The normalized spacial score (nSPS) is 15.6. The third-order valence-corrected chi connectivity index (χ3v) is 5.10. The van der Waals surface area contributed by atoms with Gasteiger partial charge in [-0.3, -0.25) is 19.3 Å². The van der Waals surface area contributed by atoms with Crippen LogP contribution in [0.3, 0.4) is 0 Å². The smallest absolute Gasteiger partial charge is 0.320 e. The fourth-order valence-corrected chi connectivity index (χ4v) is 3.11. The lowest BCUT2D eigenvalue weighted by Crippen LogP contribution is -2.50. The molecular formula is C20H30ClN3O4. The van der Waals surface area contributed by atoms with Crippen LogP contribution in [0.1, 0.15) is 31.7 Å². The van der Waals surface area contributed by atoms with Gasteiger partial charge in [0.25, 0.3) is 0 Å². The predicted molar refractivity (Wildman–Crippen MR) is 109 cm³/mol. The van der Waals surface area contributed by atoms with Gasteiger partial charge in [-0.1, -0.05) is 30.3 Å². The van der Waals surface area contributed by atoms with Crippen LogP contribution in [0.4, 0.5) is 0 Å². The van der Waals surface area contributed by atoms with Gasteiger partial charge in [-0.25, -0.2) is 0 Å². The van der Waals surface area contributed by atoms with Crippen molar-refractivity contribution in [2.45, 2.75) is 44.7 Å². The second-order valence-electron chi connectivity index (χ2n) is 7.14. The second kappa shape index (κ2) is 11.7. The highest BCUT2D eigenvalue weighted by Gasteiger charge is 2.26. The van der Waals surface area contributed by atoms with E-state index >= 15 is 0 Å². The highest BCUT2D eigenvalue weighted by Crippen LogP contribution is 2.12. The quantitative estimate of drug-likeness (QED) is 0.677. The molecule has 1 aromatic carbocycles. The molecule has 2 amide bonds. The molecule has 156 valence electrons. The summed E-state index contributed by atoms with van der Waals surface area (Å²) in [7, 11) is 1.64. The summed E-state index contributed by atoms with van der Waals surface area (Å²) < 4.78 is 0. The van der Waals surface area contributed by atoms with Crippen LogP contribution >= 0.6 is 12.4 Å². The third kappa shape index (κ3) is 7.48. The number of carbonyl (C=O) groups excluding carboxylic acids is 2. The number of rotatable bonds is 8. The maximum atomic E-state index is 12.3. The van der Waals surface area contributed by atoms with E-state index in [9.17, 15) is 14.4 Å². The first-order valence-electron chi connectivity index (χ1n) is 9.41. The zero-order valence-corrected chi connectivity index (χ0v) is 17.3. The topological polar surface area (TPSA) is 89.9 Å². The number of hydrogen-bond donors (Lipinski definition) is 2. The first kappa shape index (κ1) is 23.9. The Balaban J connectivity index is 0.00000392. The van der Waals surface area contributed by atoms with Gasteiger partial charge < -0.3 is 15.3 Å². The molecule has 1 aromatic rings. The molecule has 1 aliphatic heterocycles. The molecule has 1 heterocycles. The van der Waals surface area contributed by atoms with Crippen LogP contribution in [0.25, 0.3) is 0 Å². The van der Waals surface area contributed by atoms with E-state index in [1.807, 2.05) is 30.3 Å². The summed E-state index contributed by atoms with van der Waals surface area (Å²) in [6.07, 6.45) is 2.63. The number of carboxylic acids is 1. The summed E-state index contributed by atoms with van der Waals surface area (Å²) in [5, 5.41) is 12.1. The number of likely N-dealkylation sites (tertiary alicyclic amines) is 1. The van der Waals surface area contributed by atoms with Crippen LogP contribution in [0, 0.1) is 0 Å². The van der Waals surface area contributed by atoms with Gasteiger partial charge in [0, 0.05) is 25.6 Å². The van der Waals surface area contributed by atoms with E-state index in [1.165, 1.54) is 4.90 Å². The Hall–Kier alpha value is -2.12. The largest absolute Gasteiger partial charge is 0.480 e. The minimum atomic E-state index is -0.942. The number of aliphatic carboxylic acids is 1. The van der Waals surface area contributed by atoms with Crippen LogP contribution in [0.5, 0.6) is 0 Å². The first-order chi connectivity index (χ1) is 12.9. The number of piperidine rings is 1. The molecule has 0 saturated carbocycles. The van der Waals surface area contributed by atoms with Gasteiger partial charge in [-0.05, 0) is 38.8 Å². The lowest BCUT2D eigenvalue weighted by atomic mass is 10.0. The first-order valence-corrected chi connectivity index (χ1v) is 9.41. The Morgan fingerprint density at radius 1 is 1.21 bits per heavy atom. The number of carboxylic acid groups (broad SMARTS) is 1. The van der Waals surface area contributed by atoms with E-state index < -0.39 is 12.0 Å². The van der Waals surface area contributed by atoms with Crippen molar-refractivity contribution in [3.8, 4) is 0 Å². The Kier molecular flexibility index (Phi) is 9.96. The summed E-state index contributed by atoms with van der Waals surface area (Å²) >= 11 is 0. The third-order valence-electron chi connectivity index (χ3n) is 5.10. The van der Waals surface area contributed by atoms with Gasteiger partial charge in [-0.15, -0.1) is 12.4 Å². The fraction of sp³-hybridized carbons (Fsp3) is 0.550. The van der Waals surface area contributed by atoms with Gasteiger partial charge >= 0.3 is 5.97 Å². The highest BCUT2D eigenvalue weighted by atomic mass is 35.5. The highest BCUT2D eigenvalue weighted by molar-refractivity contribution is 5.85. The Labute approximate surface area is 172 Å². The van der Waals surface area contributed by atoms with Crippen molar-refractivity contribution in [3.05, 3.63) is 35.9 Å². The van der Waals surface area contributed by atoms with E-state index in [1.54, 1.807) is 18.9 Å². The molecule has 8 heteroatoms. The van der Waals surface area contributed by atoms with E-state index in [2.05, 4.69) is 5.32 Å². The number of nitrogens with zero attached hydrogens (tertiary/aromatic N) is 2. The molecule has 0 radical (unpaired) electrons. The number of likely N-dealkylation sites (N-methyl/N-ethyl adjacent to an activating group) is 1. The molecule has 1 atom stereocenters. The van der Waals surface area contributed by atoms with Gasteiger partial charge in [0.2, 0.25) is 11.8 Å². The lowest BCUT2D eigenvalue weighted by Gasteiger charge is -2.34. The SMILES string of the molecule is CC(C(=O)O)N(C)CC(=O)N1CCC(NC(=O)CCc2ccccc2)CC1.Cl. The number of benzene rings is 1. The Morgan fingerprint density at radius 2 is 1.82 bits per heavy atom. The molecule has 1 fully saturated rings. The van der Waals surface area contributed by atoms with Crippen molar-refractivity contribution < 1.29 is 19.5 Å². The number of hydrogen-bond acceptors (Lipinski definition) is 4. The average Bonchev–Trinajstić information content (AvgIpc) is 2.67. The second-order valence-corrected chi connectivity index (χ2v) is 7.14. The maximum absolute atomic E-state index is 12.3. The molecule has 0 aliphatic carbocycles. The summed E-state index contributed by atoms with van der Waals surface area (Å²) in [4.78, 5) is 38.7.